The van der Waals surface area contributed by atoms with E-state index in [1.165, 1.54) is 56.5 Å². The number of hydrogen-bond donors (Lipinski definition) is 2. The van der Waals surface area contributed by atoms with Gasteiger partial charge in [-0.25, -0.2) is 4.98 Å². The largest absolute Gasteiger partial charge is 0.346 e. The van der Waals surface area contributed by atoms with Crippen molar-refractivity contribution < 1.29 is 0 Å². The second kappa shape index (κ2) is 7.18. The monoisotopic (exact) mass is 342 g/mol. The average molecular weight is 343 g/mol. The van der Waals surface area contributed by atoms with Crippen LogP contribution in [0.2, 0.25) is 0 Å². The normalized spacial score (nSPS) is 25.1. The lowest BCUT2D eigenvalue weighted by Gasteiger charge is -2.39. The van der Waals surface area contributed by atoms with Gasteiger partial charge in [-0.05, 0) is 56.0 Å². The number of aromatic amines is 1. The Labute approximate surface area is 143 Å². The Morgan fingerprint density at radius 2 is 2.09 bits per heavy atom. The van der Waals surface area contributed by atoms with Gasteiger partial charge in [0.2, 0.25) is 0 Å². The van der Waals surface area contributed by atoms with E-state index in [9.17, 15) is 0 Å². The first kappa shape index (κ1) is 17.5. The quantitative estimate of drug-likeness (QED) is 0.881. The minimum absolute atomic E-state index is 0. The SMILES string of the molecule is Cl.Cl.c1cc2ccc(CN3CCCC4(CCNC4)C3)nc2[nH]1. The first-order chi connectivity index (χ1) is 9.83. The molecule has 0 aliphatic carbocycles. The molecule has 4 heterocycles. The van der Waals surface area contributed by atoms with Crippen LogP contribution in [0, 0.1) is 5.41 Å². The van der Waals surface area contributed by atoms with Crippen LogP contribution in [-0.4, -0.2) is 41.0 Å². The number of halogens is 2. The maximum atomic E-state index is 4.73. The van der Waals surface area contributed by atoms with Crippen LogP contribution in [0.3, 0.4) is 0 Å². The van der Waals surface area contributed by atoms with Crippen molar-refractivity contribution in [2.75, 3.05) is 26.2 Å². The molecule has 0 saturated carbocycles. The van der Waals surface area contributed by atoms with E-state index in [0.29, 0.717) is 5.41 Å². The number of nitrogens with one attached hydrogen (secondary N) is 2. The van der Waals surface area contributed by atoms with Gasteiger partial charge in [0.05, 0.1) is 5.69 Å². The van der Waals surface area contributed by atoms with E-state index in [4.69, 9.17) is 4.98 Å². The zero-order chi connectivity index (χ0) is 13.4. The Kier molecular flexibility index (Phi) is 5.72. The van der Waals surface area contributed by atoms with Crippen LogP contribution in [0.5, 0.6) is 0 Å². The molecule has 2 aromatic heterocycles. The van der Waals surface area contributed by atoms with E-state index in [1.54, 1.807) is 0 Å². The van der Waals surface area contributed by atoms with E-state index < -0.39 is 0 Å². The Bertz CT molecular complexity index is 607. The standard InChI is InChI=1S/C16H22N4.2ClH/c1-5-16(6-8-17-11-16)12-20(9-1)10-14-3-2-13-4-7-18-15(13)19-14;;/h2-4,7,17H,1,5-6,8-12H2,(H,18,19);2*1H. The highest BCUT2D eigenvalue weighted by Crippen LogP contribution is 2.35. The molecule has 122 valence electrons. The third-order valence-corrected chi connectivity index (χ3v) is 4.93. The van der Waals surface area contributed by atoms with Gasteiger partial charge in [0.25, 0.3) is 0 Å². The van der Waals surface area contributed by atoms with E-state index in [0.717, 1.165) is 12.2 Å². The van der Waals surface area contributed by atoms with Crippen LogP contribution in [0.15, 0.2) is 24.4 Å². The van der Waals surface area contributed by atoms with Crippen LogP contribution in [0.1, 0.15) is 25.0 Å². The fraction of sp³-hybridized carbons (Fsp3) is 0.562. The third kappa shape index (κ3) is 3.40. The van der Waals surface area contributed by atoms with E-state index in [-0.39, 0.29) is 24.8 Å². The number of fused-ring (bicyclic) bond motifs is 1. The number of rotatable bonds is 2. The van der Waals surface area contributed by atoms with Gasteiger partial charge in [0, 0.05) is 31.2 Å². The fourth-order valence-corrected chi connectivity index (χ4v) is 3.88. The highest BCUT2D eigenvalue weighted by Gasteiger charge is 2.37. The van der Waals surface area contributed by atoms with Crippen LogP contribution >= 0.6 is 24.8 Å². The summed E-state index contributed by atoms with van der Waals surface area (Å²) in [6, 6.07) is 6.42. The predicted molar refractivity (Wildman–Crippen MR) is 95.0 cm³/mol. The molecular weight excluding hydrogens is 319 g/mol. The molecule has 2 N–H and O–H groups in total. The van der Waals surface area contributed by atoms with Crippen LogP contribution in [0.4, 0.5) is 0 Å². The molecule has 2 aliphatic rings. The van der Waals surface area contributed by atoms with Gasteiger partial charge in [-0.2, -0.15) is 0 Å². The molecule has 2 aromatic rings. The highest BCUT2D eigenvalue weighted by atomic mass is 35.5. The van der Waals surface area contributed by atoms with E-state index in [2.05, 4.69) is 33.4 Å². The number of piperidine rings is 1. The summed E-state index contributed by atoms with van der Waals surface area (Å²) in [5.74, 6) is 0. The third-order valence-electron chi connectivity index (χ3n) is 4.93. The molecule has 0 aromatic carbocycles. The van der Waals surface area contributed by atoms with Crippen LogP contribution < -0.4 is 5.32 Å². The Morgan fingerprint density at radius 1 is 1.18 bits per heavy atom. The maximum absolute atomic E-state index is 4.73. The minimum atomic E-state index is 0. The molecule has 22 heavy (non-hydrogen) atoms. The molecule has 1 atom stereocenters. The minimum Gasteiger partial charge on any atom is -0.346 e. The molecule has 1 spiro atoms. The summed E-state index contributed by atoms with van der Waals surface area (Å²) >= 11 is 0. The summed E-state index contributed by atoms with van der Waals surface area (Å²) < 4.78 is 0. The lowest BCUT2D eigenvalue weighted by atomic mass is 9.79. The number of likely N-dealkylation sites (tertiary alicyclic amines) is 1. The maximum Gasteiger partial charge on any atom is 0.137 e. The van der Waals surface area contributed by atoms with Crippen molar-refractivity contribution in [3.63, 3.8) is 0 Å². The number of aromatic nitrogens is 2. The molecular formula is C16H24Cl2N4. The molecule has 6 heteroatoms. The first-order valence-corrected chi connectivity index (χ1v) is 7.69. The Hall–Kier alpha value is -0.810. The first-order valence-electron chi connectivity index (χ1n) is 7.69. The van der Waals surface area contributed by atoms with Crippen molar-refractivity contribution in [2.45, 2.75) is 25.8 Å². The topological polar surface area (TPSA) is 44.0 Å². The smallest absolute Gasteiger partial charge is 0.137 e. The van der Waals surface area contributed by atoms with Crippen LogP contribution in [-0.2, 0) is 6.54 Å². The highest BCUT2D eigenvalue weighted by molar-refractivity contribution is 5.85. The van der Waals surface area contributed by atoms with Crippen molar-refractivity contribution in [3.05, 3.63) is 30.1 Å². The summed E-state index contributed by atoms with van der Waals surface area (Å²) in [4.78, 5) is 10.5. The summed E-state index contributed by atoms with van der Waals surface area (Å²) in [6.07, 6.45) is 6.01. The number of H-pyrrole nitrogens is 1. The van der Waals surface area contributed by atoms with E-state index in [1.807, 2.05) is 6.20 Å². The molecule has 4 nitrogen and oxygen atoms in total. The molecule has 2 saturated heterocycles. The molecule has 0 radical (unpaired) electrons. The number of nitrogens with zero attached hydrogens (tertiary/aromatic N) is 2. The lowest BCUT2D eigenvalue weighted by molar-refractivity contribution is 0.0969. The predicted octanol–water partition coefficient (Wildman–Crippen LogP) is 2.98. The van der Waals surface area contributed by atoms with Gasteiger partial charge in [-0.3, -0.25) is 4.90 Å². The average Bonchev–Trinajstić information content (AvgIpc) is 3.08. The van der Waals surface area contributed by atoms with Crippen LogP contribution in [0.25, 0.3) is 11.0 Å². The Morgan fingerprint density at radius 3 is 2.91 bits per heavy atom. The molecule has 0 amide bonds. The van der Waals surface area contributed by atoms with Gasteiger partial charge < -0.3 is 10.3 Å². The Balaban J connectivity index is 0.000000882. The summed E-state index contributed by atoms with van der Waals surface area (Å²) in [5.41, 5.74) is 2.73. The molecule has 0 bridgehead atoms. The second-order valence-corrected chi connectivity index (χ2v) is 6.46. The van der Waals surface area contributed by atoms with Crippen molar-refractivity contribution >= 4 is 35.8 Å². The molecule has 2 fully saturated rings. The summed E-state index contributed by atoms with van der Waals surface area (Å²) in [6.45, 7) is 5.82. The number of hydrogen-bond acceptors (Lipinski definition) is 3. The lowest BCUT2D eigenvalue weighted by Crippen LogP contribution is -2.44. The van der Waals surface area contributed by atoms with Gasteiger partial charge in [0.15, 0.2) is 0 Å². The molecule has 2 aliphatic heterocycles. The molecule has 4 rings (SSSR count). The van der Waals surface area contributed by atoms with E-state index >= 15 is 0 Å². The van der Waals surface area contributed by atoms with Crippen molar-refractivity contribution in [1.29, 1.82) is 0 Å². The van der Waals surface area contributed by atoms with Crippen molar-refractivity contribution in [1.82, 2.24) is 20.2 Å². The van der Waals surface area contributed by atoms with Gasteiger partial charge in [-0.15, -0.1) is 24.8 Å². The van der Waals surface area contributed by atoms with Crippen molar-refractivity contribution in [3.8, 4) is 0 Å². The van der Waals surface area contributed by atoms with Gasteiger partial charge >= 0.3 is 0 Å². The zero-order valence-corrected chi connectivity index (χ0v) is 14.3. The van der Waals surface area contributed by atoms with Gasteiger partial charge in [-0.1, -0.05) is 0 Å². The second-order valence-electron chi connectivity index (χ2n) is 6.46. The van der Waals surface area contributed by atoms with Crippen molar-refractivity contribution in [2.24, 2.45) is 5.41 Å². The summed E-state index contributed by atoms with van der Waals surface area (Å²) in [7, 11) is 0. The zero-order valence-electron chi connectivity index (χ0n) is 12.7. The fourth-order valence-electron chi connectivity index (χ4n) is 3.88. The number of pyridine rings is 1. The summed E-state index contributed by atoms with van der Waals surface area (Å²) in [5, 5.41) is 4.74. The molecule has 1 unspecified atom stereocenters. The van der Waals surface area contributed by atoms with Gasteiger partial charge in [0.1, 0.15) is 5.65 Å².